The summed E-state index contributed by atoms with van der Waals surface area (Å²) in [5, 5.41) is 0. The Morgan fingerprint density at radius 3 is 2.22 bits per heavy atom. The maximum atomic E-state index is 11.7. The highest BCUT2D eigenvalue weighted by atomic mass is 16.2. The van der Waals surface area contributed by atoms with Gasteiger partial charge in [0.1, 0.15) is 0 Å². The molecule has 0 aliphatic carbocycles. The highest BCUT2D eigenvalue weighted by Crippen LogP contribution is 2.23. The van der Waals surface area contributed by atoms with Crippen LogP contribution < -0.4 is 0 Å². The lowest BCUT2D eigenvalue weighted by molar-refractivity contribution is -0.142. The van der Waals surface area contributed by atoms with Crippen molar-refractivity contribution in [3.63, 3.8) is 0 Å². The minimum absolute atomic E-state index is 0.0122. The molecule has 3 amide bonds. The van der Waals surface area contributed by atoms with Crippen molar-refractivity contribution in [2.75, 3.05) is 13.1 Å². The molecule has 0 spiro atoms. The highest BCUT2D eigenvalue weighted by molar-refractivity contribution is 6.02. The van der Waals surface area contributed by atoms with Crippen molar-refractivity contribution in [2.45, 2.75) is 51.5 Å². The first-order valence-corrected chi connectivity index (χ1v) is 6.76. The highest BCUT2D eigenvalue weighted by Gasteiger charge is 2.36. The minimum Gasteiger partial charge on any atom is -0.343 e. The number of nitrogens with zero attached hydrogens (tertiary/aromatic N) is 2. The smallest absolute Gasteiger partial charge is 0.229 e. The van der Waals surface area contributed by atoms with Crippen molar-refractivity contribution in [3.05, 3.63) is 0 Å². The molecule has 2 saturated heterocycles. The van der Waals surface area contributed by atoms with E-state index in [-0.39, 0.29) is 23.8 Å². The van der Waals surface area contributed by atoms with Crippen LogP contribution in [0.1, 0.15) is 45.4 Å². The molecular weight excluding hydrogens is 232 g/mol. The first-order chi connectivity index (χ1) is 8.63. The fourth-order valence-electron chi connectivity index (χ4n) is 2.75. The summed E-state index contributed by atoms with van der Waals surface area (Å²) in [5.74, 6) is 0.103. The van der Waals surface area contributed by atoms with E-state index in [0.29, 0.717) is 32.4 Å². The number of carbonyl (C=O) groups excluding carboxylic acids is 3. The molecule has 0 N–H and O–H groups in total. The van der Waals surface area contributed by atoms with E-state index >= 15 is 0 Å². The predicted molar refractivity (Wildman–Crippen MR) is 65.6 cm³/mol. The lowest BCUT2D eigenvalue weighted by Gasteiger charge is -2.35. The molecule has 2 heterocycles. The number of amides is 3. The molecule has 2 aliphatic rings. The molecule has 0 saturated carbocycles. The van der Waals surface area contributed by atoms with Gasteiger partial charge in [0.05, 0.1) is 0 Å². The van der Waals surface area contributed by atoms with Gasteiger partial charge in [0.25, 0.3) is 0 Å². The number of imide groups is 1. The zero-order valence-corrected chi connectivity index (χ0v) is 10.9. The topological polar surface area (TPSA) is 57.7 Å². The van der Waals surface area contributed by atoms with Crippen LogP contribution in [0.5, 0.6) is 0 Å². The van der Waals surface area contributed by atoms with E-state index in [9.17, 15) is 14.4 Å². The van der Waals surface area contributed by atoms with Gasteiger partial charge < -0.3 is 4.90 Å². The van der Waals surface area contributed by atoms with E-state index in [2.05, 4.69) is 0 Å². The van der Waals surface area contributed by atoms with E-state index in [4.69, 9.17) is 0 Å². The summed E-state index contributed by atoms with van der Waals surface area (Å²) in [6, 6.07) is 0.0122. The Balaban J connectivity index is 1.88. The predicted octanol–water partition coefficient (Wildman–Crippen LogP) is 0.926. The zero-order valence-electron chi connectivity index (χ0n) is 10.9. The molecule has 18 heavy (non-hydrogen) atoms. The monoisotopic (exact) mass is 252 g/mol. The van der Waals surface area contributed by atoms with Crippen LogP contribution in [0.15, 0.2) is 0 Å². The van der Waals surface area contributed by atoms with Crippen molar-refractivity contribution < 1.29 is 14.4 Å². The third-order valence-electron chi connectivity index (χ3n) is 3.74. The first kappa shape index (κ1) is 13.1. The van der Waals surface area contributed by atoms with Gasteiger partial charge >= 0.3 is 0 Å². The van der Waals surface area contributed by atoms with Gasteiger partial charge in [-0.1, -0.05) is 6.92 Å². The lowest BCUT2D eigenvalue weighted by atomic mass is 10.0. The number of likely N-dealkylation sites (tertiary alicyclic amines) is 2. The second-order valence-electron chi connectivity index (χ2n) is 5.02. The van der Waals surface area contributed by atoms with Crippen LogP contribution in [0.4, 0.5) is 0 Å². The summed E-state index contributed by atoms with van der Waals surface area (Å²) in [6.07, 6.45) is 3.62. The van der Waals surface area contributed by atoms with Crippen LogP contribution in [0, 0.1) is 0 Å². The van der Waals surface area contributed by atoms with Gasteiger partial charge in [-0.25, -0.2) is 0 Å². The van der Waals surface area contributed by atoms with E-state index in [1.807, 2.05) is 11.8 Å². The number of hydrogen-bond donors (Lipinski definition) is 0. The Labute approximate surface area is 107 Å². The van der Waals surface area contributed by atoms with Crippen LogP contribution in [0.25, 0.3) is 0 Å². The molecule has 5 nitrogen and oxygen atoms in total. The van der Waals surface area contributed by atoms with Gasteiger partial charge in [-0.05, 0) is 19.3 Å². The number of rotatable bonds is 3. The lowest BCUT2D eigenvalue weighted by Crippen LogP contribution is -2.48. The molecule has 0 aromatic rings. The van der Waals surface area contributed by atoms with Gasteiger partial charge in [-0.3, -0.25) is 19.3 Å². The standard InChI is InChI=1S/C13H20N2O3/c1-2-3-11(16)14-8-6-10(7-9-14)15-12(17)4-5-13(15)18/h10H,2-9H2,1H3. The normalized spacial score (nSPS) is 21.8. The van der Waals surface area contributed by atoms with Gasteiger partial charge in [-0.2, -0.15) is 0 Å². The number of hydrogen-bond acceptors (Lipinski definition) is 3. The summed E-state index contributed by atoms with van der Waals surface area (Å²) in [4.78, 5) is 38.3. The summed E-state index contributed by atoms with van der Waals surface area (Å²) < 4.78 is 0. The minimum atomic E-state index is -0.0432. The molecule has 0 atom stereocenters. The fraction of sp³-hybridized carbons (Fsp3) is 0.769. The molecule has 0 radical (unpaired) electrons. The van der Waals surface area contributed by atoms with Gasteiger partial charge in [0, 0.05) is 38.4 Å². The largest absolute Gasteiger partial charge is 0.343 e. The molecule has 2 fully saturated rings. The average Bonchev–Trinajstić information content (AvgIpc) is 2.70. The summed E-state index contributed by atoms with van der Waals surface area (Å²) in [6.45, 7) is 3.33. The van der Waals surface area contributed by atoms with Crippen molar-refractivity contribution >= 4 is 17.7 Å². The van der Waals surface area contributed by atoms with Crippen molar-refractivity contribution in [1.29, 1.82) is 0 Å². The molecular formula is C13H20N2O3. The number of carbonyl (C=O) groups is 3. The maximum absolute atomic E-state index is 11.7. The first-order valence-electron chi connectivity index (χ1n) is 6.76. The van der Waals surface area contributed by atoms with E-state index in [1.165, 1.54) is 4.90 Å². The molecule has 100 valence electrons. The Kier molecular flexibility index (Phi) is 3.99. The van der Waals surface area contributed by atoms with Crippen molar-refractivity contribution in [1.82, 2.24) is 9.80 Å². The van der Waals surface area contributed by atoms with Crippen LogP contribution in [0.3, 0.4) is 0 Å². The Hall–Kier alpha value is -1.39. The van der Waals surface area contributed by atoms with E-state index in [1.54, 1.807) is 0 Å². The van der Waals surface area contributed by atoms with Crippen LogP contribution >= 0.6 is 0 Å². The van der Waals surface area contributed by atoms with Crippen LogP contribution in [0.2, 0.25) is 0 Å². The van der Waals surface area contributed by atoms with E-state index in [0.717, 1.165) is 19.3 Å². The quantitative estimate of drug-likeness (QED) is 0.702. The summed E-state index contributed by atoms with van der Waals surface area (Å²) in [7, 11) is 0. The zero-order chi connectivity index (χ0) is 13.1. The molecule has 0 bridgehead atoms. The van der Waals surface area contributed by atoms with Crippen molar-refractivity contribution in [2.24, 2.45) is 0 Å². The molecule has 2 rings (SSSR count). The van der Waals surface area contributed by atoms with Gasteiger partial charge in [-0.15, -0.1) is 0 Å². The Morgan fingerprint density at radius 2 is 1.72 bits per heavy atom. The van der Waals surface area contributed by atoms with Crippen LogP contribution in [-0.2, 0) is 14.4 Å². The molecule has 0 aromatic carbocycles. The van der Waals surface area contributed by atoms with Crippen LogP contribution in [-0.4, -0.2) is 46.7 Å². The van der Waals surface area contributed by atoms with Crippen molar-refractivity contribution in [3.8, 4) is 0 Å². The third kappa shape index (κ3) is 2.54. The average molecular weight is 252 g/mol. The maximum Gasteiger partial charge on any atom is 0.229 e. The van der Waals surface area contributed by atoms with E-state index < -0.39 is 0 Å². The SMILES string of the molecule is CCCC(=O)N1CCC(N2C(=O)CCC2=O)CC1. The number of piperidine rings is 1. The Bertz CT molecular complexity index is 343. The van der Waals surface area contributed by atoms with Gasteiger partial charge in [0.15, 0.2) is 0 Å². The fourth-order valence-corrected chi connectivity index (χ4v) is 2.75. The second-order valence-corrected chi connectivity index (χ2v) is 5.02. The molecule has 0 aromatic heterocycles. The van der Waals surface area contributed by atoms with Gasteiger partial charge in [0.2, 0.25) is 17.7 Å². The second kappa shape index (κ2) is 5.50. The summed E-state index contributed by atoms with van der Waals surface area (Å²) >= 11 is 0. The third-order valence-corrected chi connectivity index (χ3v) is 3.74. The molecule has 2 aliphatic heterocycles. The summed E-state index contributed by atoms with van der Waals surface area (Å²) in [5.41, 5.74) is 0. The Morgan fingerprint density at radius 1 is 1.17 bits per heavy atom. The molecule has 0 unspecified atom stereocenters. The molecule has 5 heteroatoms.